The molecule has 1 aromatic carbocycles. The molecular formula is C24H25ClN4O4S. The van der Waals surface area contributed by atoms with E-state index in [0.29, 0.717) is 22.5 Å². The molecule has 1 fully saturated rings. The van der Waals surface area contributed by atoms with E-state index in [1.807, 2.05) is 0 Å². The van der Waals surface area contributed by atoms with Gasteiger partial charge in [-0.25, -0.2) is 9.71 Å². The number of anilines is 1. The first-order chi connectivity index (χ1) is 16.1. The van der Waals surface area contributed by atoms with Crippen LogP contribution in [0.5, 0.6) is 11.6 Å². The zero-order chi connectivity index (χ0) is 24.5. The SMILES string of the molecule is CC1CCN(c2ncccc2C(=O)NS(=O)(=O)c2cccc(Oc3cccc(Cl)c3)n2)C1(C)C. The number of pyridine rings is 2. The minimum absolute atomic E-state index is 0.0486. The fourth-order valence-electron chi connectivity index (χ4n) is 3.88. The van der Waals surface area contributed by atoms with Crippen LogP contribution in [0.15, 0.2) is 65.8 Å². The predicted octanol–water partition coefficient (Wildman–Crippen LogP) is 4.67. The number of carbonyl (C=O) groups is 1. The fraction of sp³-hybridized carbons (Fsp3) is 0.292. The number of rotatable bonds is 6. The lowest BCUT2D eigenvalue weighted by molar-refractivity contribution is 0.0981. The molecular weight excluding hydrogens is 476 g/mol. The van der Waals surface area contributed by atoms with Gasteiger partial charge in [-0.1, -0.05) is 30.7 Å². The van der Waals surface area contributed by atoms with Crippen LogP contribution in [0.3, 0.4) is 0 Å². The predicted molar refractivity (Wildman–Crippen MR) is 130 cm³/mol. The number of hydrogen-bond donors (Lipinski definition) is 1. The molecule has 0 spiro atoms. The number of halogens is 1. The highest BCUT2D eigenvalue weighted by atomic mass is 35.5. The quantitative estimate of drug-likeness (QED) is 0.525. The van der Waals surface area contributed by atoms with Crippen molar-refractivity contribution in [1.82, 2.24) is 14.7 Å². The number of amides is 1. The van der Waals surface area contributed by atoms with Crippen LogP contribution in [0.4, 0.5) is 5.82 Å². The maximum atomic E-state index is 13.1. The third-order valence-corrected chi connectivity index (χ3v) is 7.66. The molecule has 1 atom stereocenters. The van der Waals surface area contributed by atoms with Gasteiger partial charge in [-0.05, 0) is 62.6 Å². The van der Waals surface area contributed by atoms with Gasteiger partial charge in [0.2, 0.25) is 5.88 Å². The minimum Gasteiger partial charge on any atom is -0.439 e. The first kappa shape index (κ1) is 24.0. The molecule has 3 heterocycles. The van der Waals surface area contributed by atoms with E-state index in [-0.39, 0.29) is 22.0 Å². The van der Waals surface area contributed by atoms with Gasteiger partial charge >= 0.3 is 0 Å². The third-order valence-electron chi connectivity index (χ3n) is 6.19. The molecule has 1 amide bonds. The van der Waals surface area contributed by atoms with Gasteiger partial charge in [0.05, 0.1) is 5.56 Å². The first-order valence-electron chi connectivity index (χ1n) is 10.8. The van der Waals surface area contributed by atoms with Gasteiger partial charge in [-0.2, -0.15) is 13.4 Å². The van der Waals surface area contributed by atoms with Gasteiger partial charge in [0.1, 0.15) is 11.6 Å². The zero-order valence-corrected chi connectivity index (χ0v) is 20.6. The Bertz CT molecular complexity index is 1330. The Morgan fingerprint density at radius 2 is 1.94 bits per heavy atom. The van der Waals surface area contributed by atoms with Crippen molar-refractivity contribution >= 4 is 33.3 Å². The topological polar surface area (TPSA) is 101 Å². The minimum atomic E-state index is -4.27. The summed E-state index contributed by atoms with van der Waals surface area (Å²) in [7, 11) is -4.27. The van der Waals surface area contributed by atoms with E-state index >= 15 is 0 Å². The van der Waals surface area contributed by atoms with Crippen molar-refractivity contribution in [2.24, 2.45) is 5.92 Å². The maximum Gasteiger partial charge on any atom is 0.281 e. The summed E-state index contributed by atoms with van der Waals surface area (Å²) >= 11 is 5.96. The highest BCUT2D eigenvalue weighted by Crippen LogP contribution is 2.38. The average molecular weight is 501 g/mol. The van der Waals surface area contributed by atoms with Crippen molar-refractivity contribution in [2.45, 2.75) is 37.8 Å². The summed E-state index contributed by atoms with van der Waals surface area (Å²) in [5.41, 5.74) is -0.0462. The number of carbonyl (C=O) groups excluding carboxylic acids is 1. The molecule has 10 heteroatoms. The van der Waals surface area contributed by atoms with Crippen LogP contribution in [0.2, 0.25) is 5.02 Å². The Hall–Kier alpha value is -3.17. The smallest absolute Gasteiger partial charge is 0.281 e. The van der Waals surface area contributed by atoms with Gasteiger partial charge in [0.15, 0.2) is 5.03 Å². The van der Waals surface area contributed by atoms with E-state index < -0.39 is 15.9 Å². The van der Waals surface area contributed by atoms with Crippen molar-refractivity contribution in [3.63, 3.8) is 0 Å². The molecule has 0 saturated carbocycles. The Morgan fingerprint density at radius 3 is 2.65 bits per heavy atom. The lowest BCUT2D eigenvalue weighted by Crippen LogP contribution is -2.43. The van der Waals surface area contributed by atoms with Crippen molar-refractivity contribution in [1.29, 1.82) is 0 Å². The number of aromatic nitrogens is 2. The number of ether oxygens (including phenoxy) is 1. The summed E-state index contributed by atoms with van der Waals surface area (Å²) in [5, 5.41) is 0.123. The Morgan fingerprint density at radius 1 is 1.18 bits per heavy atom. The largest absolute Gasteiger partial charge is 0.439 e. The van der Waals surface area contributed by atoms with Gasteiger partial charge in [-0.3, -0.25) is 4.79 Å². The van der Waals surface area contributed by atoms with Crippen LogP contribution < -0.4 is 14.4 Å². The standard InChI is InChI=1S/C24H25ClN4O4S/c1-16-12-14-29(24(16,2)3)22-19(9-6-13-26-22)23(30)28-34(31,32)21-11-5-10-20(27-21)33-18-8-4-7-17(25)15-18/h4-11,13,15-16H,12,14H2,1-3H3,(H,28,30). The van der Waals surface area contributed by atoms with E-state index in [4.69, 9.17) is 16.3 Å². The fourth-order valence-corrected chi connectivity index (χ4v) is 4.99. The molecule has 1 aliphatic heterocycles. The molecule has 1 unspecified atom stereocenters. The lowest BCUT2D eigenvalue weighted by atomic mass is 9.90. The summed E-state index contributed by atoms with van der Waals surface area (Å²) in [5.74, 6) is 0.519. The summed E-state index contributed by atoms with van der Waals surface area (Å²) in [6.45, 7) is 7.06. The maximum absolute atomic E-state index is 13.1. The van der Waals surface area contributed by atoms with Crippen LogP contribution in [0, 0.1) is 5.92 Å². The van der Waals surface area contributed by atoms with Gasteiger partial charge in [-0.15, -0.1) is 0 Å². The molecule has 0 radical (unpaired) electrons. The highest BCUT2D eigenvalue weighted by molar-refractivity contribution is 7.90. The monoisotopic (exact) mass is 500 g/mol. The molecule has 178 valence electrons. The molecule has 8 nitrogen and oxygen atoms in total. The lowest BCUT2D eigenvalue weighted by Gasteiger charge is -2.36. The zero-order valence-electron chi connectivity index (χ0n) is 19.0. The van der Waals surface area contributed by atoms with E-state index in [0.717, 1.165) is 13.0 Å². The molecule has 4 rings (SSSR count). The third kappa shape index (κ3) is 4.85. The van der Waals surface area contributed by atoms with Crippen molar-refractivity contribution in [3.05, 3.63) is 71.4 Å². The number of nitrogens with zero attached hydrogens (tertiary/aromatic N) is 3. The van der Waals surface area contributed by atoms with Gasteiger partial charge in [0, 0.05) is 29.4 Å². The van der Waals surface area contributed by atoms with E-state index in [2.05, 4.69) is 40.4 Å². The number of nitrogens with one attached hydrogen (secondary N) is 1. The second kappa shape index (κ2) is 9.23. The van der Waals surface area contributed by atoms with Crippen LogP contribution in [-0.2, 0) is 10.0 Å². The summed E-state index contributed by atoms with van der Waals surface area (Å²) in [6, 6.07) is 14.1. The number of hydrogen-bond acceptors (Lipinski definition) is 7. The van der Waals surface area contributed by atoms with E-state index in [1.165, 1.54) is 18.2 Å². The number of sulfonamides is 1. The second-order valence-corrected chi connectivity index (χ2v) is 10.7. The van der Waals surface area contributed by atoms with Gasteiger partial charge in [0.25, 0.3) is 15.9 Å². The van der Waals surface area contributed by atoms with Crippen molar-refractivity contribution in [3.8, 4) is 11.6 Å². The second-order valence-electron chi connectivity index (χ2n) is 8.68. The molecule has 1 saturated heterocycles. The summed E-state index contributed by atoms with van der Waals surface area (Å²) in [6.07, 6.45) is 2.55. The molecule has 0 aliphatic carbocycles. The van der Waals surface area contributed by atoms with Crippen LogP contribution in [0.25, 0.3) is 0 Å². The highest BCUT2D eigenvalue weighted by Gasteiger charge is 2.40. The Labute approximate surface area is 204 Å². The number of benzene rings is 1. The Balaban J connectivity index is 1.58. The van der Waals surface area contributed by atoms with Gasteiger partial charge < -0.3 is 9.64 Å². The van der Waals surface area contributed by atoms with Crippen molar-refractivity contribution in [2.75, 3.05) is 11.4 Å². The van der Waals surface area contributed by atoms with Crippen LogP contribution in [-0.4, -0.2) is 36.4 Å². The van der Waals surface area contributed by atoms with Crippen LogP contribution >= 0.6 is 11.6 Å². The average Bonchev–Trinajstić information content (AvgIpc) is 3.06. The summed E-state index contributed by atoms with van der Waals surface area (Å²) in [4.78, 5) is 23.6. The van der Waals surface area contributed by atoms with Crippen LogP contribution in [0.1, 0.15) is 37.6 Å². The molecule has 1 aliphatic rings. The van der Waals surface area contributed by atoms with E-state index in [1.54, 1.807) is 42.6 Å². The normalized spacial score (nSPS) is 17.4. The van der Waals surface area contributed by atoms with E-state index in [9.17, 15) is 13.2 Å². The molecule has 3 aromatic rings. The Kier molecular flexibility index (Phi) is 6.51. The van der Waals surface area contributed by atoms with Crippen molar-refractivity contribution < 1.29 is 17.9 Å². The molecule has 1 N–H and O–H groups in total. The first-order valence-corrected chi connectivity index (χ1v) is 12.6. The molecule has 34 heavy (non-hydrogen) atoms. The molecule has 0 bridgehead atoms. The molecule has 2 aromatic heterocycles. The summed E-state index contributed by atoms with van der Waals surface area (Å²) < 4.78 is 33.7.